The number of hydrogen-bond donors (Lipinski definition) is 1. The summed E-state index contributed by atoms with van der Waals surface area (Å²) in [6.45, 7) is 0.877. The van der Waals surface area contributed by atoms with E-state index in [2.05, 4.69) is 5.32 Å². The molecule has 2 amide bonds. The van der Waals surface area contributed by atoms with E-state index in [1.807, 2.05) is 0 Å². The van der Waals surface area contributed by atoms with Crippen LogP contribution >= 0.6 is 0 Å². The number of nitrogens with one attached hydrogen (secondary N) is 1. The summed E-state index contributed by atoms with van der Waals surface area (Å²) in [5.74, 6) is -2.28. The highest BCUT2D eigenvalue weighted by Crippen LogP contribution is 2.22. The number of likely N-dealkylation sites (tertiary alicyclic amines) is 1. The SMILES string of the molecule is O=C(Nc1ccc(F)cc1F)C1CCN(C(=O)c2ccoc2)CC1. The standard InChI is InChI=1S/C17H16F2N2O3/c18-13-1-2-15(14(19)9-13)20-16(22)11-3-6-21(7-4-11)17(23)12-5-8-24-10-12/h1-2,5,8-11H,3-4,6-7H2,(H,20,22). The van der Waals surface area contributed by atoms with Crippen molar-refractivity contribution in [2.24, 2.45) is 5.92 Å². The minimum absolute atomic E-state index is 0.0432. The number of halogens is 2. The van der Waals surface area contributed by atoms with E-state index in [0.717, 1.165) is 12.1 Å². The molecule has 0 radical (unpaired) electrons. The van der Waals surface area contributed by atoms with Crippen LogP contribution in [0.15, 0.2) is 41.2 Å². The molecule has 0 spiro atoms. The van der Waals surface area contributed by atoms with Gasteiger partial charge in [0.25, 0.3) is 5.91 Å². The normalized spacial score (nSPS) is 15.3. The Bertz CT molecular complexity index is 738. The van der Waals surface area contributed by atoms with Crippen molar-refractivity contribution in [3.8, 4) is 0 Å². The number of carbonyl (C=O) groups excluding carboxylic acids is 2. The number of benzene rings is 1. The molecule has 2 aromatic rings. The van der Waals surface area contributed by atoms with Gasteiger partial charge in [0.05, 0.1) is 17.5 Å². The molecule has 1 aliphatic rings. The van der Waals surface area contributed by atoms with Crippen molar-refractivity contribution in [1.29, 1.82) is 0 Å². The molecule has 2 heterocycles. The number of amides is 2. The molecule has 7 heteroatoms. The van der Waals surface area contributed by atoms with E-state index < -0.39 is 11.6 Å². The maximum atomic E-state index is 13.6. The molecule has 1 aromatic heterocycles. The van der Waals surface area contributed by atoms with Crippen molar-refractivity contribution in [2.75, 3.05) is 18.4 Å². The van der Waals surface area contributed by atoms with Crippen LogP contribution in [-0.2, 0) is 4.79 Å². The van der Waals surface area contributed by atoms with Gasteiger partial charge in [0.2, 0.25) is 5.91 Å². The Morgan fingerprint density at radius 2 is 1.92 bits per heavy atom. The molecule has 1 N–H and O–H groups in total. The zero-order valence-electron chi connectivity index (χ0n) is 12.8. The first kappa shape index (κ1) is 16.2. The second kappa shape index (κ2) is 6.82. The number of nitrogens with zero attached hydrogens (tertiary/aromatic N) is 1. The Balaban J connectivity index is 1.56. The fourth-order valence-corrected chi connectivity index (χ4v) is 2.74. The molecule has 1 fully saturated rings. The third-order valence-electron chi connectivity index (χ3n) is 4.11. The number of furan rings is 1. The van der Waals surface area contributed by atoms with Crippen molar-refractivity contribution in [1.82, 2.24) is 4.90 Å². The quantitative estimate of drug-likeness (QED) is 0.938. The maximum Gasteiger partial charge on any atom is 0.257 e. The first-order valence-electron chi connectivity index (χ1n) is 7.62. The second-order valence-corrected chi connectivity index (χ2v) is 5.69. The number of rotatable bonds is 3. The van der Waals surface area contributed by atoms with Crippen LogP contribution in [0.4, 0.5) is 14.5 Å². The fraction of sp³-hybridized carbons (Fsp3) is 0.294. The van der Waals surface area contributed by atoms with Crippen LogP contribution in [0.1, 0.15) is 23.2 Å². The molecule has 0 atom stereocenters. The third kappa shape index (κ3) is 3.45. The highest BCUT2D eigenvalue weighted by atomic mass is 19.1. The van der Waals surface area contributed by atoms with E-state index in [-0.39, 0.29) is 23.4 Å². The Kier molecular flexibility index (Phi) is 4.59. The monoisotopic (exact) mass is 334 g/mol. The van der Waals surface area contributed by atoms with E-state index in [1.54, 1.807) is 11.0 Å². The highest BCUT2D eigenvalue weighted by molar-refractivity contribution is 5.95. The van der Waals surface area contributed by atoms with Crippen LogP contribution < -0.4 is 5.32 Å². The first-order valence-corrected chi connectivity index (χ1v) is 7.62. The minimum atomic E-state index is -0.809. The average Bonchev–Trinajstić information content (AvgIpc) is 3.11. The van der Waals surface area contributed by atoms with E-state index in [9.17, 15) is 18.4 Å². The molecular formula is C17H16F2N2O3. The van der Waals surface area contributed by atoms with E-state index in [4.69, 9.17) is 4.42 Å². The molecule has 24 heavy (non-hydrogen) atoms. The van der Waals surface area contributed by atoms with Crippen LogP contribution in [0.5, 0.6) is 0 Å². The summed E-state index contributed by atoms with van der Waals surface area (Å²) in [4.78, 5) is 26.1. The lowest BCUT2D eigenvalue weighted by Crippen LogP contribution is -2.41. The van der Waals surface area contributed by atoms with Crippen LogP contribution in [0.25, 0.3) is 0 Å². The summed E-state index contributed by atoms with van der Waals surface area (Å²) < 4.78 is 31.4. The molecule has 1 aliphatic heterocycles. The molecule has 0 saturated carbocycles. The average molecular weight is 334 g/mol. The van der Waals surface area contributed by atoms with Crippen LogP contribution in [0, 0.1) is 17.6 Å². The first-order chi connectivity index (χ1) is 11.5. The molecule has 126 valence electrons. The van der Waals surface area contributed by atoms with Gasteiger partial charge in [-0.15, -0.1) is 0 Å². The lowest BCUT2D eigenvalue weighted by molar-refractivity contribution is -0.121. The van der Waals surface area contributed by atoms with E-state index in [1.165, 1.54) is 18.6 Å². The second-order valence-electron chi connectivity index (χ2n) is 5.69. The highest BCUT2D eigenvalue weighted by Gasteiger charge is 2.28. The Morgan fingerprint density at radius 1 is 1.17 bits per heavy atom. The van der Waals surface area contributed by atoms with Gasteiger partial charge in [0.1, 0.15) is 17.9 Å². The summed E-state index contributed by atoms with van der Waals surface area (Å²) in [5, 5.41) is 2.48. The van der Waals surface area contributed by atoms with Crippen molar-refractivity contribution in [2.45, 2.75) is 12.8 Å². The van der Waals surface area contributed by atoms with Gasteiger partial charge in [0.15, 0.2) is 0 Å². The lowest BCUT2D eigenvalue weighted by Gasteiger charge is -2.31. The van der Waals surface area contributed by atoms with Gasteiger partial charge in [-0.1, -0.05) is 0 Å². The number of piperidine rings is 1. The summed E-state index contributed by atoms with van der Waals surface area (Å²) in [5.41, 5.74) is 0.435. The van der Waals surface area contributed by atoms with Crippen LogP contribution in [-0.4, -0.2) is 29.8 Å². The fourth-order valence-electron chi connectivity index (χ4n) is 2.74. The Morgan fingerprint density at radius 3 is 2.54 bits per heavy atom. The van der Waals surface area contributed by atoms with Crippen molar-refractivity contribution >= 4 is 17.5 Å². The minimum Gasteiger partial charge on any atom is -0.472 e. The maximum absolute atomic E-state index is 13.6. The predicted octanol–water partition coefficient (Wildman–Crippen LogP) is 3.05. The lowest BCUT2D eigenvalue weighted by atomic mass is 9.95. The van der Waals surface area contributed by atoms with Gasteiger partial charge < -0.3 is 14.6 Å². The van der Waals surface area contributed by atoms with Gasteiger partial charge in [-0.05, 0) is 31.0 Å². The summed E-state index contributed by atoms with van der Waals surface area (Å²) in [6.07, 6.45) is 3.79. The van der Waals surface area contributed by atoms with Crippen molar-refractivity contribution in [3.63, 3.8) is 0 Å². The summed E-state index contributed by atoms with van der Waals surface area (Å²) in [7, 11) is 0. The van der Waals surface area contributed by atoms with E-state index in [0.29, 0.717) is 31.5 Å². The predicted molar refractivity (Wildman–Crippen MR) is 82.3 cm³/mol. The zero-order chi connectivity index (χ0) is 17.1. The molecule has 3 rings (SSSR count). The van der Waals surface area contributed by atoms with Crippen molar-refractivity contribution < 1.29 is 22.8 Å². The molecule has 0 bridgehead atoms. The smallest absolute Gasteiger partial charge is 0.257 e. The van der Waals surface area contributed by atoms with Gasteiger partial charge in [-0.3, -0.25) is 9.59 Å². The van der Waals surface area contributed by atoms with Crippen molar-refractivity contribution in [3.05, 3.63) is 54.0 Å². The summed E-state index contributed by atoms with van der Waals surface area (Å²) in [6, 6.07) is 4.60. The van der Waals surface area contributed by atoms with Crippen LogP contribution in [0.2, 0.25) is 0 Å². The topological polar surface area (TPSA) is 62.6 Å². The van der Waals surface area contributed by atoms with Gasteiger partial charge >= 0.3 is 0 Å². The summed E-state index contributed by atoms with van der Waals surface area (Å²) >= 11 is 0. The molecule has 5 nitrogen and oxygen atoms in total. The Hall–Kier alpha value is -2.70. The van der Waals surface area contributed by atoms with Gasteiger partial charge in [0, 0.05) is 25.1 Å². The largest absolute Gasteiger partial charge is 0.472 e. The number of carbonyl (C=O) groups is 2. The molecular weight excluding hydrogens is 318 g/mol. The molecule has 1 aromatic carbocycles. The molecule has 1 saturated heterocycles. The molecule has 0 unspecified atom stereocenters. The zero-order valence-corrected chi connectivity index (χ0v) is 12.8. The van der Waals surface area contributed by atoms with Crippen LogP contribution in [0.3, 0.4) is 0 Å². The third-order valence-corrected chi connectivity index (χ3v) is 4.11. The van der Waals surface area contributed by atoms with E-state index >= 15 is 0 Å². The van der Waals surface area contributed by atoms with Gasteiger partial charge in [-0.25, -0.2) is 8.78 Å². The number of hydrogen-bond acceptors (Lipinski definition) is 3. The Labute approximate surface area is 137 Å². The van der Waals surface area contributed by atoms with Gasteiger partial charge in [-0.2, -0.15) is 0 Å². The number of anilines is 1. The molecule has 0 aliphatic carbocycles.